The number of hydrogen-bond donors (Lipinski definition) is 1. The maximum atomic E-state index is 12.9. The topological polar surface area (TPSA) is 63.4 Å². The van der Waals surface area contributed by atoms with Crippen LogP contribution in [0.25, 0.3) is 0 Å². The van der Waals surface area contributed by atoms with Gasteiger partial charge in [0.05, 0.1) is 11.3 Å². The van der Waals surface area contributed by atoms with Crippen LogP contribution in [0.1, 0.15) is 52.5 Å². The Morgan fingerprint density at radius 2 is 1.67 bits per heavy atom. The standard InChI is InChI=1S/C17H20N2O2/c1-10-6-7-12-13(14(10)18)17(21)15(11(2)16(12)20)19-8-4-3-5-9-19/h6-7H,3-5,8-9,18H2,1-2H3. The summed E-state index contributed by atoms with van der Waals surface area (Å²) in [5, 5.41) is 0. The lowest BCUT2D eigenvalue weighted by atomic mass is 9.84. The predicted octanol–water partition coefficient (Wildman–Crippen LogP) is 2.72. The number of hydrogen-bond acceptors (Lipinski definition) is 4. The first-order valence-electron chi connectivity index (χ1n) is 7.46. The van der Waals surface area contributed by atoms with Gasteiger partial charge in [-0.1, -0.05) is 6.07 Å². The quantitative estimate of drug-likeness (QED) is 0.805. The number of aryl methyl sites for hydroxylation is 1. The van der Waals surface area contributed by atoms with Crippen molar-refractivity contribution < 1.29 is 9.59 Å². The van der Waals surface area contributed by atoms with Crippen LogP contribution in [0.3, 0.4) is 0 Å². The number of carbonyl (C=O) groups is 2. The molecule has 1 aliphatic heterocycles. The highest BCUT2D eigenvalue weighted by atomic mass is 16.1. The largest absolute Gasteiger partial charge is 0.398 e. The van der Waals surface area contributed by atoms with Crippen LogP contribution in [-0.4, -0.2) is 29.6 Å². The molecule has 0 amide bonds. The van der Waals surface area contributed by atoms with Gasteiger partial charge >= 0.3 is 0 Å². The van der Waals surface area contributed by atoms with Crippen molar-refractivity contribution in [2.45, 2.75) is 33.1 Å². The molecule has 0 atom stereocenters. The molecule has 1 saturated heterocycles. The number of nitrogens with zero attached hydrogens (tertiary/aromatic N) is 1. The Hall–Kier alpha value is -2.10. The summed E-state index contributed by atoms with van der Waals surface area (Å²) in [6, 6.07) is 3.52. The first kappa shape index (κ1) is 13.9. The van der Waals surface area contributed by atoms with Crippen LogP contribution >= 0.6 is 0 Å². The summed E-state index contributed by atoms with van der Waals surface area (Å²) in [6.45, 7) is 5.29. The molecule has 0 bridgehead atoms. The minimum atomic E-state index is -0.0924. The minimum absolute atomic E-state index is 0.0723. The molecular formula is C17H20N2O2. The second-order valence-electron chi connectivity index (χ2n) is 5.90. The van der Waals surface area contributed by atoms with Crippen LogP contribution in [0.5, 0.6) is 0 Å². The van der Waals surface area contributed by atoms with Crippen molar-refractivity contribution in [3.05, 3.63) is 40.1 Å². The summed E-state index contributed by atoms with van der Waals surface area (Å²) in [6.07, 6.45) is 3.31. The maximum Gasteiger partial charge on any atom is 0.212 e. The van der Waals surface area contributed by atoms with Crippen molar-refractivity contribution in [2.24, 2.45) is 0 Å². The summed E-state index contributed by atoms with van der Waals surface area (Å²) < 4.78 is 0. The van der Waals surface area contributed by atoms with Crippen LogP contribution in [0.2, 0.25) is 0 Å². The van der Waals surface area contributed by atoms with Gasteiger partial charge in [-0.2, -0.15) is 0 Å². The Kier molecular flexibility index (Phi) is 3.32. The zero-order valence-electron chi connectivity index (χ0n) is 12.5. The zero-order valence-corrected chi connectivity index (χ0v) is 12.5. The molecule has 21 heavy (non-hydrogen) atoms. The highest BCUT2D eigenvalue weighted by Gasteiger charge is 2.35. The first-order chi connectivity index (χ1) is 10.0. The van der Waals surface area contributed by atoms with Crippen LogP contribution in [-0.2, 0) is 0 Å². The Labute approximate surface area is 124 Å². The molecule has 4 nitrogen and oxygen atoms in total. The molecule has 1 fully saturated rings. The summed E-state index contributed by atoms with van der Waals surface area (Å²) >= 11 is 0. The van der Waals surface area contributed by atoms with Gasteiger partial charge < -0.3 is 10.6 Å². The fourth-order valence-electron chi connectivity index (χ4n) is 3.25. The molecule has 1 heterocycles. The second-order valence-corrected chi connectivity index (χ2v) is 5.90. The number of likely N-dealkylation sites (tertiary alicyclic amines) is 1. The van der Waals surface area contributed by atoms with Gasteiger partial charge in [-0.15, -0.1) is 0 Å². The zero-order chi connectivity index (χ0) is 15.1. The predicted molar refractivity (Wildman–Crippen MR) is 82.4 cm³/mol. The summed E-state index contributed by atoms with van der Waals surface area (Å²) in [5.74, 6) is -0.165. The van der Waals surface area contributed by atoms with E-state index in [4.69, 9.17) is 5.73 Å². The Morgan fingerprint density at radius 1 is 1.00 bits per heavy atom. The van der Waals surface area contributed by atoms with E-state index in [0.29, 0.717) is 28.1 Å². The smallest absolute Gasteiger partial charge is 0.212 e. The maximum absolute atomic E-state index is 12.9. The van der Waals surface area contributed by atoms with Crippen molar-refractivity contribution in [1.82, 2.24) is 4.90 Å². The van der Waals surface area contributed by atoms with Crippen molar-refractivity contribution in [2.75, 3.05) is 18.8 Å². The SMILES string of the molecule is CC1=C(N2CCCCC2)C(=O)c2c(ccc(C)c2N)C1=O. The molecule has 2 N–H and O–H groups in total. The molecule has 0 saturated carbocycles. The van der Waals surface area contributed by atoms with Crippen molar-refractivity contribution in [3.63, 3.8) is 0 Å². The lowest BCUT2D eigenvalue weighted by Crippen LogP contribution is -2.37. The number of anilines is 1. The molecule has 1 aromatic carbocycles. The van der Waals surface area contributed by atoms with E-state index in [9.17, 15) is 9.59 Å². The van der Waals surface area contributed by atoms with E-state index in [2.05, 4.69) is 4.90 Å². The van der Waals surface area contributed by atoms with E-state index in [1.54, 1.807) is 19.1 Å². The van der Waals surface area contributed by atoms with Gasteiger partial charge in [0.25, 0.3) is 0 Å². The Morgan fingerprint density at radius 3 is 2.33 bits per heavy atom. The highest BCUT2D eigenvalue weighted by molar-refractivity contribution is 6.28. The van der Waals surface area contributed by atoms with Crippen molar-refractivity contribution in [3.8, 4) is 0 Å². The third-order valence-corrected chi connectivity index (χ3v) is 4.52. The van der Waals surface area contributed by atoms with E-state index in [-0.39, 0.29) is 11.6 Å². The molecule has 0 spiro atoms. The van der Waals surface area contributed by atoms with Crippen molar-refractivity contribution >= 4 is 17.3 Å². The van der Waals surface area contributed by atoms with Gasteiger partial charge in [-0.05, 0) is 44.7 Å². The molecule has 1 aliphatic carbocycles. The average molecular weight is 284 g/mol. The highest BCUT2D eigenvalue weighted by Crippen LogP contribution is 2.34. The minimum Gasteiger partial charge on any atom is -0.398 e. The summed E-state index contributed by atoms with van der Waals surface area (Å²) in [4.78, 5) is 27.6. The van der Waals surface area contributed by atoms with Crippen LogP contribution in [0.4, 0.5) is 5.69 Å². The van der Waals surface area contributed by atoms with Crippen LogP contribution in [0, 0.1) is 6.92 Å². The third-order valence-electron chi connectivity index (χ3n) is 4.52. The number of fused-ring (bicyclic) bond motifs is 1. The van der Waals surface area contributed by atoms with Gasteiger partial charge in [0.15, 0.2) is 5.78 Å². The average Bonchev–Trinajstić information content (AvgIpc) is 2.49. The molecule has 0 unspecified atom stereocenters. The molecular weight excluding hydrogens is 264 g/mol. The van der Waals surface area contributed by atoms with E-state index in [0.717, 1.165) is 31.5 Å². The van der Waals surface area contributed by atoms with Gasteiger partial charge in [0.2, 0.25) is 5.78 Å². The van der Waals surface area contributed by atoms with Gasteiger partial charge in [-0.3, -0.25) is 9.59 Å². The Bertz CT molecular complexity index is 668. The molecule has 1 aromatic rings. The monoisotopic (exact) mass is 284 g/mol. The number of rotatable bonds is 1. The van der Waals surface area contributed by atoms with Gasteiger partial charge in [0, 0.05) is 29.9 Å². The number of piperidine rings is 1. The van der Waals surface area contributed by atoms with E-state index < -0.39 is 0 Å². The fraction of sp³-hybridized carbons (Fsp3) is 0.412. The van der Waals surface area contributed by atoms with Crippen LogP contribution in [0.15, 0.2) is 23.4 Å². The number of ketones is 2. The molecule has 110 valence electrons. The van der Waals surface area contributed by atoms with E-state index in [1.165, 1.54) is 6.42 Å². The number of Topliss-reactive ketones (excluding diaryl/α,β-unsaturated/α-hetero) is 2. The first-order valence-corrected chi connectivity index (χ1v) is 7.46. The lowest BCUT2D eigenvalue weighted by molar-refractivity contribution is 0.0934. The summed E-state index contributed by atoms with van der Waals surface area (Å²) in [7, 11) is 0. The lowest BCUT2D eigenvalue weighted by Gasteiger charge is -2.33. The fourth-order valence-corrected chi connectivity index (χ4v) is 3.25. The second kappa shape index (κ2) is 5.02. The number of carbonyl (C=O) groups excluding carboxylic acids is 2. The van der Waals surface area contributed by atoms with Gasteiger partial charge in [-0.25, -0.2) is 0 Å². The Balaban J connectivity index is 2.14. The summed E-state index contributed by atoms with van der Waals surface area (Å²) in [5.41, 5.74) is 9.31. The van der Waals surface area contributed by atoms with Crippen LogP contribution < -0.4 is 5.73 Å². The van der Waals surface area contributed by atoms with Crippen molar-refractivity contribution in [1.29, 1.82) is 0 Å². The van der Waals surface area contributed by atoms with Gasteiger partial charge in [0.1, 0.15) is 0 Å². The van der Waals surface area contributed by atoms with E-state index >= 15 is 0 Å². The molecule has 2 aliphatic rings. The third kappa shape index (κ3) is 2.06. The van der Waals surface area contributed by atoms with E-state index in [1.807, 2.05) is 6.92 Å². The molecule has 0 aromatic heterocycles. The number of benzene rings is 1. The number of nitrogens with two attached hydrogens (primary N) is 1. The number of allylic oxidation sites excluding steroid dienone is 2. The normalized spacial score (nSPS) is 19.0. The number of nitrogen functional groups attached to an aromatic ring is 1. The molecule has 3 rings (SSSR count). The molecule has 4 heteroatoms. The molecule has 0 radical (unpaired) electrons.